The highest BCUT2D eigenvalue weighted by atomic mass is 19.4. The normalized spacial score (nSPS) is 25.2. The minimum Gasteiger partial charge on any atom is -0.352 e. The number of carbonyl (C=O) groups is 1. The van der Waals surface area contributed by atoms with Gasteiger partial charge in [0, 0.05) is 12.1 Å². The van der Waals surface area contributed by atoms with E-state index in [0.717, 1.165) is 25.0 Å². The van der Waals surface area contributed by atoms with Gasteiger partial charge in [0.15, 0.2) is 0 Å². The average Bonchev–Trinajstić information content (AvgIpc) is 2.44. The number of amides is 1. The first-order valence-corrected chi connectivity index (χ1v) is 7.53. The molecule has 0 radical (unpaired) electrons. The predicted octanol–water partition coefficient (Wildman–Crippen LogP) is 3.37. The summed E-state index contributed by atoms with van der Waals surface area (Å²) in [5, 5.41) is 2.51. The first-order valence-electron chi connectivity index (χ1n) is 7.53. The van der Waals surface area contributed by atoms with Gasteiger partial charge < -0.3 is 11.1 Å². The van der Waals surface area contributed by atoms with Crippen molar-refractivity contribution in [2.24, 2.45) is 11.7 Å². The zero-order valence-electron chi connectivity index (χ0n) is 12.8. The summed E-state index contributed by atoms with van der Waals surface area (Å²) in [6.07, 6.45) is -1.54. The minimum atomic E-state index is -4.67. The molecule has 3 N–H and O–H groups in total. The number of carbonyl (C=O) groups excluding carboxylic acids is 1. The number of alkyl halides is 3. The first-order chi connectivity index (χ1) is 10.6. The van der Waals surface area contributed by atoms with E-state index in [1.54, 1.807) is 6.92 Å². The van der Waals surface area contributed by atoms with E-state index in [9.17, 15) is 22.4 Å². The second-order valence-corrected chi connectivity index (χ2v) is 6.32. The number of hydrogen-bond acceptors (Lipinski definition) is 2. The lowest BCUT2D eigenvalue weighted by Crippen LogP contribution is -2.52. The summed E-state index contributed by atoms with van der Waals surface area (Å²) in [4.78, 5) is 12.3. The SMILES string of the molecule is CC1(N)CCCCC1C(=O)NCc1ccc(F)cc1C(F)(F)F. The molecule has 0 spiro atoms. The Labute approximate surface area is 132 Å². The molecule has 7 heteroatoms. The van der Waals surface area contributed by atoms with Crippen molar-refractivity contribution < 1.29 is 22.4 Å². The Morgan fingerprint density at radius 3 is 2.70 bits per heavy atom. The summed E-state index contributed by atoms with van der Waals surface area (Å²) in [6, 6.07) is 2.43. The molecule has 1 aromatic carbocycles. The third-order valence-corrected chi connectivity index (χ3v) is 4.40. The number of nitrogens with one attached hydrogen (secondary N) is 1. The number of benzene rings is 1. The van der Waals surface area contributed by atoms with Crippen LogP contribution in [0.4, 0.5) is 17.6 Å². The molecular weight excluding hydrogens is 312 g/mol. The fourth-order valence-corrected chi connectivity index (χ4v) is 3.06. The summed E-state index contributed by atoms with van der Waals surface area (Å²) in [5.74, 6) is -1.74. The van der Waals surface area contributed by atoms with Gasteiger partial charge in [-0.15, -0.1) is 0 Å². The monoisotopic (exact) mass is 332 g/mol. The molecule has 2 atom stereocenters. The molecule has 3 nitrogen and oxygen atoms in total. The lowest BCUT2D eigenvalue weighted by Gasteiger charge is -2.37. The smallest absolute Gasteiger partial charge is 0.352 e. The van der Waals surface area contributed by atoms with Crippen LogP contribution in [0.25, 0.3) is 0 Å². The van der Waals surface area contributed by atoms with Crippen molar-refractivity contribution in [3.8, 4) is 0 Å². The Morgan fingerprint density at radius 2 is 2.09 bits per heavy atom. The average molecular weight is 332 g/mol. The van der Waals surface area contributed by atoms with Gasteiger partial charge in [-0.1, -0.05) is 18.9 Å². The Morgan fingerprint density at radius 1 is 1.39 bits per heavy atom. The summed E-state index contributed by atoms with van der Waals surface area (Å²) in [7, 11) is 0. The van der Waals surface area contributed by atoms with Gasteiger partial charge in [0.1, 0.15) is 5.82 Å². The van der Waals surface area contributed by atoms with Gasteiger partial charge in [0.2, 0.25) is 5.91 Å². The Kier molecular flexibility index (Phi) is 4.98. The topological polar surface area (TPSA) is 55.1 Å². The van der Waals surface area contributed by atoms with E-state index in [-0.39, 0.29) is 18.0 Å². The molecule has 0 aromatic heterocycles. The molecule has 0 bridgehead atoms. The molecular formula is C16H20F4N2O. The van der Waals surface area contributed by atoms with Crippen LogP contribution in [0.5, 0.6) is 0 Å². The van der Waals surface area contributed by atoms with Crippen molar-refractivity contribution >= 4 is 5.91 Å². The maximum absolute atomic E-state index is 13.1. The van der Waals surface area contributed by atoms with E-state index in [0.29, 0.717) is 18.9 Å². The highest BCUT2D eigenvalue weighted by molar-refractivity contribution is 5.80. The predicted molar refractivity (Wildman–Crippen MR) is 77.8 cm³/mol. The van der Waals surface area contributed by atoms with Crippen LogP contribution in [0.15, 0.2) is 18.2 Å². The standard InChI is InChI=1S/C16H20F4N2O/c1-15(21)7-3-2-4-12(15)14(23)22-9-10-5-6-11(17)8-13(10)16(18,19)20/h5-6,8,12H,2-4,7,9,21H2,1H3,(H,22,23). The van der Waals surface area contributed by atoms with E-state index in [2.05, 4.69) is 5.32 Å². The van der Waals surface area contributed by atoms with Crippen LogP contribution in [0, 0.1) is 11.7 Å². The number of hydrogen-bond donors (Lipinski definition) is 2. The number of rotatable bonds is 3. The molecule has 2 unspecified atom stereocenters. The van der Waals surface area contributed by atoms with Crippen LogP contribution in [-0.4, -0.2) is 11.4 Å². The van der Waals surface area contributed by atoms with Gasteiger partial charge >= 0.3 is 6.18 Å². The maximum Gasteiger partial charge on any atom is 0.416 e. The molecule has 1 aromatic rings. The fraction of sp³-hybridized carbons (Fsp3) is 0.562. The third-order valence-electron chi connectivity index (χ3n) is 4.40. The summed E-state index contributed by atoms with van der Waals surface area (Å²) in [5.41, 5.74) is 4.23. The van der Waals surface area contributed by atoms with Gasteiger partial charge in [-0.05, 0) is 37.5 Å². The van der Waals surface area contributed by atoms with Gasteiger partial charge in [-0.25, -0.2) is 4.39 Å². The van der Waals surface area contributed by atoms with Crippen LogP contribution in [0.3, 0.4) is 0 Å². The zero-order valence-corrected chi connectivity index (χ0v) is 12.8. The number of halogens is 4. The lowest BCUT2D eigenvalue weighted by atomic mass is 9.74. The number of nitrogens with two attached hydrogens (primary N) is 1. The summed E-state index contributed by atoms with van der Waals surface area (Å²) in [6.45, 7) is 1.48. The Hall–Kier alpha value is -1.63. The van der Waals surface area contributed by atoms with E-state index in [1.165, 1.54) is 0 Å². The van der Waals surface area contributed by atoms with E-state index in [1.807, 2.05) is 0 Å². The molecule has 1 aliphatic rings. The fourth-order valence-electron chi connectivity index (χ4n) is 3.06. The Bertz CT molecular complexity index is 584. The molecule has 2 rings (SSSR count). The minimum absolute atomic E-state index is 0.165. The van der Waals surface area contributed by atoms with Crippen molar-refractivity contribution in [2.75, 3.05) is 0 Å². The van der Waals surface area contributed by atoms with Crippen molar-refractivity contribution in [1.29, 1.82) is 0 Å². The van der Waals surface area contributed by atoms with Gasteiger partial charge in [0.25, 0.3) is 0 Å². The van der Waals surface area contributed by atoms with Crippen LogP contribution in [-0.2, 0) is 17.5 Å². The highest BCUT2D eigenvalue weighted by Crippen LogP contribution is 2.34. The highest BCUT2D eigenvalue weighted by Gasteiger charge is 2.38. The molecule has 1 fully saturated rings. The van der Waals surface area contributed by atoms with E-state index < -0.39 is 29.0 Å². The van der Waals surface area contributed by atoms with Crippen LogP contribution < -0.4 is 11.1 Å². The quantitative estimate of drug-likeness (QED) is 0.834. The molecule has 0 aliphatic heterocycles. The molecule has 1 aliphatic carbocycles. The van der Waals surface area contributed by atoms with Crippen LogP contribution in [0.1, 0.15) is 43.7 Å². The molecule has 23 heavy (non-hydrogen) atoms. The van der Waals surface area contributed by atoms with Crippen molar-refractivity contribution in [3.05, 3.63) is 35.1 Å². The van der Waals surface area contributed by atoms with Gasteiger partial charge in [-0.3, -0.25) is 4.79 Å². The second-order valence-electron chi connectivity index (χ2n) is 6.32. The summed E-state index contributed by atoms with van der Waals surface area (Å²) < 4.78 is 51.9. The zero-order chi connectivity index (χ0) is 17.3. The van der Waals surface area contributed by atoms with Crippen molar-refractivity contribution in [3.63, 3.8) is 0 Å². The van der Waals surface area contributed by atoms with E-state index in [4.69, 9.17) is 5.73 Å². The summed E-state index contributed by atoms with van der Waals surface area (Å²) >= 11 is 0. The van der Waals surface area contributed by atoms with Crippen LogP contribution >= 0.6 is 0 Å². The molecule has 0 saturated heterocycles. The molecule has 128 valence electrons. The maximum atomic E-state index is 13.1. The van der Waals surface area contributed by atoms with Crippen molar-refractivity contribution in [1.82, 2.24) is 5.32 Å². The van der Waals surface area contributed by atoms with Gasteiger partial charge in [0.05, 0.1) is 11.5 Å². The Balaban J connectivity index is 2.10. The molecule has 1 saturated carbocycles. The second kappa shape index (κ2) is 6.47. The van der Waals surface area contributed by atoms with Crippen molar-refractivity contribution in [2.45, 2.75) is 50.9 Å². The van der Waals surface area contributed by atoms with E-state index >= 15 is 0 Å². The largest absolute Gasteiger partial charge is 0.416 e. The van der Waals surface area contributed by atoms with Crippen LogP contribution in [0.2, 0.25) is 0 Å². The third kappa shape index (κ3) is 4.22. The first kappa shape index (κ1) is 17.7. The lowest BCUT2D eigenvalue weighted by molar-refractivity contribution is -0.139. The molecule has 1 amide bonds. The van der Waals surface area contributed by atoms with Gasteiger partial charge in [-0.2, -0.15) is 13.2 Å². The molecule has 0 heterocycles.